The third kappa shape index (κ3) is 4.44. The van der Waals surface area contributed by atoms with Crippen LogP contribution in [0.3, 0.4) is 0 Å². The van der Waals surface area contributed by atoms with Crippen molar-refractivity contribution in [1.29, 1.82) is 0 Å². The largest absolute Gasteiger partial charge is 0.481 e. The van der Waals surface area contributed by atoms with Gasteiger partial charge in [0.15, 0.2) is 5.15 Å². The lowest BCUT2D eigenvalue weighted by molar-refractivity contribution is -0.138. The normalized spacial score (nSPS) is 12.1. The summed E-state index contributed by atoms with van der Waals surface area (Å²) < 4.78 is 0. The van der Waals surface area contributed by atoms with Gasteiger partial charge in [0.1, 0.15) is 5.82 Å². The maximum Gasteiger partial charge on any atom is 0.303 e. The van der Waals surface area contributed by atoms with Gasteiger partial charge in [-0.2, -0.15) is 0 Å². The predicted octanol–water partition coefficient (Wildman–Crippen LogP) is 2.04. The number of hydrogen-bond acceptors (Lipinski definition) is 4. The maximum atomic E-state index is 10.6. The van der Waals surface area contributed by atoms with Gasteiger partial charge in [0.25, 0.3) is 0 Å². The fourth-order valence-electron chi connectivity index (χ4n) is 1.27. The van der Waals surface area contributed by atoms with Crippen LogP contribution in [0.4, 0.5) is 5.82 Å². The lowest BCUT2D eigenvalue weighted by Gasteiger charge is -2.13. The molecule has 0 aromatic carbocycles. The Balaban J connectivity index is 2.43. The van der Waals surface area contributed by atoms with Crippen molar-refractivity contribution in [3.63, 3.8) is 0 Å². The van der Waals surface area contributed by atoms with E-state index in [4.69, 9.17) is 16.7 Å². The Labute approximate surface area is 98.8 Å². The second-order valence-electron chi connectivity index (χ2n) is 3.49. The molecule has 1 atom stereocenters. The Hall–Kier alpha value is -1.36. The molecule has 0 aliphatic carbocycles. The molecule has 0 fully saturated rings. The van der Waals surface area contributed by atoms with Crippen molar-refractivity contribution in [3.8, 4) is 0 Å². The molecule has 0 bridgehead atoms. The number of hydrogen-bond donors (Lipinski definition) is 2. The molecule has 0 aliphatic rings. The molecule has 1 aromatic rings. The van der Waals surface area contributed by atoms with E-state index in [0.29, 0.717) is 17.5 Å². The summed E-state index contributed by atoms with van der Waals surface area (Å²) >= 11 is 5.59. The highest BCUT2D eigenvalue weighted by atomic mass is 35.5. The van der Waals surface area contributed by atoms with E-state index in [0.717, 1.165) is 6.42 Å². The first-order valence-electron chi connectivity index (χ1n) is 5.06. The predicted molar refractivity (Wildman–Crippen MR) is 61.6 cm³/mol. The first kappa shape index (κ1) is 12.7. The molecule has 1 rings (SSSR count). The molecule has 5 nitrogen and oxygen atoms in total. The van der Waals surface area contributed by atoms with E-state index >= 15 is 0 Å². The highest BCUT2D eigenvalue weighted by Crippen LogP contribution is 2.11. The van der Waals surface area contributed by atoms with Crippen LogP contribution in [0.2, 0.25) is 5.15 Å². The summed E-state index contributed by atoms with van der Waals surface area (Å²) in [6.07, 6.45) is 0.963. The van der Waals surface area contributed by atoms with Crippen LogP contribution < -0.4 is 5.32 Å². The highest BCUT2D eigenvalue weighted by Gasteiger charge is 2.10. The zero-order chi connectivity index (χ0) is 12.0. The fourth-order valence-corrected chi connectivity index (χ4v) is 1.37. The van der Waals surface area contributed by atoms with Gasteiger partial charge in [-0.3, -0.25) is 4.79 Å². The second-order valence-corrected chi connectivity index (χ2v) is 3.88. The topological polar surface area (TPSA) is 75.1 Å². The molecule has 1 unspecified atom stereocenters. The van der Waals surface area contributed by atoms with Crippen LogP contribution in [-0.2, 0) is 4.79 Å². The molecule has 0 radical (unpaired) electrons. The number of anilines is 1. The highest BCUT2D eigenvalue weighted by molar-refractivity contribution is 6.29. The number of aliphatic carboxylic acids is 1. The zero-order valence-electron chi connectivity index (χ0n) is 8.98. The number of aromatic nitrogens is 2. The number of carboxylic acid groups (broad SMARTS) is 1. The lowest BCUT2D eigenvalue weighted by atomic mass is 10.0. The standard InChI is InChI=1S/C10H14ClN3O2/c1-2-7(5-10(15)16)6-12-9-4-3-8(11)13-14-9/h3-4,7H,2,5-6H2,1H3,(H,12,14)(H,15,16). The minimum atomic E-state index is -0.782. The minimum Gasteiger partial charge on any atom is -0.481 e. The number of carbonyl (C=O) groups is 1. The number of halogens is 1. The molecule has 0 saturated heterocycles. The molecular formula is C10H14ClN3O2. The van der Waals surface area contributed by atoms with Gasteiger partial charge in [0.05, 0.1) is 0 Å². The molecule has 1 aromatic heterocycles. The van der Waals surface area contributed by atoms with Gasteiger partial charge >= 0.3 is 5.97 Å². The van der Waals surface area contributed by atoms with E-state index in [-0.39, 0.29) is 12.3 Å². The first-order valence-corrected chi connectivity index (χ1v) is 5.44. The van der Waals surface area contributed by atoms with E-state index in [9.17, 15) is 4.79 Å². The Kier molecular flexibility index (Phi) is 4.98. The maximum absolute atomic E-state index is 10.6. The van der Waals surface area contributed by atoms with Crippen LogP contribution in [0.5, 0.6) is 0 Å². The number of nitrogens with zero attached hydrogens (tertiary/aromatic N) is 2. The SMILES string of the molecule is CCC(CNc1ccc(Cl)nn1)CC(=O)O. The summed E-state index contributed by atoms with van der Waals surface area (Å²) in [6.45, 7) is 2.53. The molecule has 0 amide bonds. The van der Waals surface area contributed by atoms with Crippen molar-refractivity contribution in [3.05, 3.63) is 17.3 Å². The van der Waals surface area contributed by atoms with Gasteiger partial charge in [-0.1, -0.05) is 24.9 Å². The third-order valence-electron chi connectivity index (χ3n) is 2.24. The van der Waals surface area contributed by atoms with Gasteiger partial charge in [0, 0.05) is 13.0 Å². The van der Waals surface area contributed by atoms with Gasteiger partial charge < -0.3 is 10.4 Å². The Bertz CT molecular complexity index is 342. The monoisotopic (exact) mass is 243 g/mol. The van der Waals surface area contributed by atoms with Crippen molar-refractivity contribution < 1.29 is 9.90 Å². The number of nitrogens with one attached hydrogen (secondary N) is 1. The minimum absolute atomic E-state index is 0.0926. The molecule has 0 spiro atoms. The smallest absolute Gasteiger partial charge is 0.303 e. The second kappa shape index (κ2) is 6.27. The quantitative estimate of drug-likeness (QED) is 0.800. The molecule has 2 N–H and O–H groups in total. The van der Waals surface area contributed by atoms with E-state index in [1.165, 1.54) is 0 Å². The van der Waals surface area contributed by atoms with Crippen molar-refractivity contribution in [2.75, 3.05) is 11.9 Å². The Morgan fingerprint density at radius 3 is 2.81 bits per heavy atom. The van der Waals surface area contributed by atoms with Crippen LogP contribution >= 0.6 is 11.6 Å². The van der Waals surface area contributed by atoms with Crippen molar-refractivity contribution >= 4 is 23.4 Å². The number of rotatable bonds is 6. The molecule has 0 saturated carbocycles. The summed E-state index contributed by atoms with van der Waals surface area (Å²) in [5, 5.41) is 19.5. The first-order chi connectivity index (χ1) is 7.61. The molecular weight excluding hydrogens is 230 g/mol. The van der Waals surface area contributed by atoms with Crippen LogP contribution in [0.25, 0.3) is 0 Å². The summed E-state index contributed by atoms with van der Waals surface area (Å²) in [6, 6.07) is 3.35. The number of carboxylic acids is 1. The summed E-state index contributed by atoms with van der Waals surface area (Å²) in [5.74, 6) is -0.0842. The molecule has 6 heteroatoms. The molecule has 88 valence electrons. The Morgan fingerprint density at radius 2 is 2.31 bits per heavy atom. The van der Waals surface area contributed by atoms with E-state index in [1.807, 2.05) is 6.92 Å². The fraction of sp³-hybridized carbons (Fsp3) is 0.500. The van der Waals surface area contributed by atoms with Gasteiger partial charge in [0.2, 0.25) is 0 Å². The van der Waals surface area contributed by atoms with Gasteiger partial charge in [-0.05, 0) is 18.1 Å². The van der Waals surface area contributed by atoms with Crippen LogP contribution in [0, 0.1) is 5.92 Å². The van der Waals surface area contributed by atoms with E-state index in [1.54, 1.807) is 12.1 Å². The summed E-state index contributed by atoms with van der Waals surface area (Å²) in [4.78, 5) is 10.6. The van der Waals surface area contributed by atoms with Crippen LogP contribution in [0.15, 0.2) is 12.1 Å². The van der Waals surface area contributed by atoms with Gasteiger partial charge in [-0.25, -0.2) is 0 Å². The van der Waals surface area contributed by atoms with Gasteiger partial charge in [-0.15, -0.1) is 10.2 Å². The molecule has 0 aliphatic heterocycles. The van der Waals surface area contributed by atoms with Crippen LogP contribution in [-0.4, -0.2) is 27.8 Å². The van der Waals surface area contributed by atoms with Crippen molar-refractivity contribution in [2.24, 2.45) is 5.92 Å². The van der Waals surface area contributed by atoms with Crippen molar-refractivity contribution in [2.45, 2.75) is 19.8 Å². The summed E-state index contributed by atoms with van der Waals surface area (Å²) in [5.41, 5.74) is 0. The van der Waals surface area contributed by atoms with Crippen LogP contribution in [0.1, 0.15) is 19.8 Å². The Morgan fingerprint density at radius 1 is 1.56 bits per heavy atom. The average Bonchev–Trinajstić information content (AvgIpc) is 2.26. The molecule has 16 heavy (non-hydrogen) atoms. The average molecular weight is 244 g/mol. The zero-order valence-corrected chi connectivity index (χ0v) is 9.74. The lowest BCUT2D eigenvalue weighted by Crippen LogP contribution is -2.17. The van der Waals surface area contributed by atoms with E-state index in [2.05, 4.69) is 15.5 Å². The molecule has 1 heterocycles. The summed E-state index contributed by atoms with van der Waals surface area (Å²) in [7, 11) is 0. The van der Waals surface area contributed by atoms with E-state index < -0.39 is 5.97 Å². The van der Waals surface area contributed by atoms with Crippen molar-refractivity contribution in [1.82, 2.24) is 10.2 Å². The third-order valence-corrected chi connectivity index (χ3v) is 2.45.